The van der Waals surface area contributed by atoms with Gasteiger partial charge in [0.25, 0.3) is 5.91 Å². The van der Waals surface area contributed by atoms with Crippen LogP contribution >= 0.6 is 34.8 Å². The lowest BCUT2D eigenvalue weighted by atomic mass is 10.2. The summed E-state index contributed by atoms with van der Waals surface area (Å²) in [6.07, 6.45) is -1.10. The molecule has 0 radical (unpaired) electrons. The number of carbonyl (C=O) groups excluding carboxylic acids is 2. The second-order valence-electron chi connectivity index (χ2n) is 5.23. The molecular formula is C17H15Cl3N2O4. The Bertz CT molecular complexity index is 858. The number of nitrogens with one attached hydrogen (secondary N) is 1. The number of esters is 1. The quantitative estimate of drug-likeness (QED) is 0.555. The predicted octanol–water partition coefficient (Wildman–Crippen LogP) is 4.42. The van der Waals surface area contributed by atoms with Crippen LogP contribution in [0.15, 0.2) is 30.3 Å². The molecule has 0 spiro atoms. The molecule has 0 fully saturated rings. The zero-order valence-corrected chi connectivity index (χ0v) is 16.1. The number of carbonyl (C=O) groups is 2. The maximum Gasteiger partial charge on any atom is 0.342 e. The van der Waals surface area contributed by atoms with E-state index in [1.807, 2.05) is 0 Å². The summed E-state index contributed by atoms with van der Waals surface area (Å²) in [6, 6.07) is 7.31. The monoisotopic (exact) mass is 416 g/mol. The number of nitrogen functional groups attached to an aromatic ring is 1. The lowest BCUT2D eigenvalue weighted by molar-refractivity contribution is -0.123. The van der Waals surface area contributed by atoms with Crippen molar-refractivity contribution < 1.29 is 19.1 Å². The number of halogens is 3. The molecule has 26 heavy (non-hydrogen) atoms. The summed E-state index contributed by atoms with van der Waals surface area (Å²) in [6.45, 7) is 1.42. The molecule has 138 valence electrons. The first-order chi connectivity index (χ1) is 12.2. The second kappa shape index (κ2) is 8.49. The van der Waals surface area contributed by atoms with E-state index in [1.54, 1.807) is 12.1 Å². The first kappa shape index (κ1) is 20.2. The van der Waals surface area contributed by atoms with Crippen LogP contribution < -0.4 is 15.8 Å². The van der Waals surface area contributed by atoms with Crippen LogP contribution in [-0.4, -0.2) is 25.1 Å². The predicted molar refractivity (Wildman–Crippen MR) is 102 cm³/mol. The van der Waals surface area contributed by atoms with Crippen molar-refractivity contribution in [3.63, 3.8) is 0 Å². The van der Waals surface area contributed by atoms with Crippen molar-refractivity contribution in [3.8, 4) is 5.75 Å². The number of methoxy groups -OCH3 is 1. The third kappa shape index (κ3) is 4.72. The zero-order chi connectivity index (χ0) is 19.4. The topological polar surface area (TPSA) is 90.7 Å². The molecule has 0 aliphatic carbocycles. The summed E-state index contributed by atoms with van der Waals surface area (Å²) in [5.41, 5.74) is 6.32. The van der Waals surface area contributed by atoms with Crippen LogP contribution in [-0.2, 0) is 9.53 Å². The van der Waals surface area contributed by atoms with Gasteiger partial charge in [-0.15, -0.1) is 0 Å². The number of nitrogens with two attached hydrogens (primary N) is 1. The smallest absolute Gasteiger partial charge is 0.342 e. The number of ether oxygens (including phenoxy) is 2. The van der Waals surface area contributed by atoms with E-state index in [9.17, 15) is 9.59 Å². The first-order valence-corrected chi connectivity index (χ1v) is 8.46. The SMILES string of the molecule is COc1cc(N)c(Cl)cc1C(=O)OC(C)C(=O)Nc1ccc(Cl)cc1Cl. The highest BCUT2D eigenvalue weighted by Gasteiger charge is 2.23. The molecule has 3 N–H and O–H groups in total. The molecule has 0 saturated heterocycles. The first-order valence-electron chi connectivity index (χ1n) is 7.32. The van der Waals surface area contributed by atoms with E-state index in [0.29, 0.717) is 10.7 Å². The highest BCUT2D eigenvalue weighted by molar-refractivity contribution is 6.36. The van der Waals surface area contributed by atoms with Gasteiger partial charge in [0.15, 0.2) is 6.10 Å². The molecule has 2 aromatic rings. The van der Waals surface area contributed by atoms with Crippen LogP contribution in [0.3, 0.4) is 0 Å². The van der Waals surface area contributed by atoms with E-state index in [0.717, 1.165) is 0 Å². The van der Waals surface area contributed by atoms with Gasteiger partial charge in [0, 0.05) is 11.1 Å². The number of hydrogen-bond acceptors (Lipinski definition) is 5. The van der Waals surface area contributed by atoms with Crippen molar-refractivity contribution in [2.24, 2.45) is 0 Å². The maximum atomic E-state index is 12.3. The molecule has 1 unspecified atom stereocenters. The minimum absolute atomic E-state index is 0.0517. The van der Waals surface area contributed by atoms with Gasteiger partial charge in [0.1, 0.15) is 11.3 Å². The second-order valence-corrected chi connectivity index (χ2v) is 6.49. The number of anilines is 2. The third-order valence-corrected chi connectivity index (χ3v) is 4.26. The normalized spacial score (nSPS) is 11.6. The molecule has 6 nitrogen and oxygen atoms in total. The van der Waals surface area contributed by atoms with Crippen LogP contribution in [0.4, 0.5) is 11.4 Å². The molecule has 2 rings (SSSR count). The van der Waals surface area contributed by atoms with Gasteiger partial charge < -0.3 is 20.5 Å². The van der Waals surface area contributed by atoms with Crippen molar-refractivity contribution in [3.05, 3.63) is 51.0 Å². The average Bonchev–Trinajstić information content (AvgIpc) is 2.59. The lowest BCUT2D eigenvalue weighted by Gasteiger charge is -2.16. The number of amides is 1. The summed E-state index contributed by atoms with van der Waals surface area (Å²) in [7, 11) is 1.37. The van der Waals surface area contributed by atoms with Crippen molar-refractivity contribution >= 4 is 58.1 Å². The Morgan fingerprint density at radius 3 is 2.42 bits per heavy atom. The van der Waals surface area contributed by atoms with E-state index < -0.39 is 18.0 Å². The Morgan fingerprint density at radius 1 is 1.12 bits per heavy atom. The Kier molecular flexibility index (Phi) is 6.58. The van der Waals surface area contributed by atoms with Gasteiger partial charge in [-0.2, -0.15) is 0 Å². The fourth-order valence-corrected chi connectivity index (χ4v) is 2.62. The fourth-order valence-electron chi connectivity index (χ4n) is 2.00. The minimum atomic E-state index is -1.10. The van der Waals surface area contributed by atoms with Gasteiger partial charge in [0.05, 0.1) is 28.5 Å². The molecule has 1 amide bonds. The van der Waals surface area contributed by atoms with Gasteiger partial charge in [-0.25, -0.2) is 4.79 Å². The summed E-state index contributed by atoms with van der Waals surface area (Å²) in [5, 5.41) is 3.42. The molecule has 1 atom stereocenters. The van der Waals surface area contributed by atoms with Crippen LogP contribution in [0, 0.1) is 0 Å². The highest BCUT2D eigenvalue weighted by atomic mass is 35.5. The molecule has 2 aromatic carbocycles. The molecule has 0 heterocycles. The summed E-state index contributed by atoms with van der Waals surface area (Å²) in [5.74, 6) is -1.16. The summed E-state index contributed by atoms with van der Waals surface area (Å²) < 4.78 is 10.3. The summed E-state index contributed by atoms with van der Waals surface area (Å²) in [4.78, 5) is 24.6. The van der Waals surface area contributed by atoms with Crippen molar-refractivity contribution in [2.75, 3.05) is 18.2 Å². The molecule has 9 heteroatoms. The Labute approximate surface area is 165 Å². The van der Waals surface area contributed by atoms with Gasteiger partial charge >= 0.3 is 5.97 Å². The molecule has 0 bridgehead atoms. The van der Waals surface area contributed by atoms with Crippen molar-refractivity contribution in [1.82, 2.24) is 0 Å². The number of hydrogen-bond donors (Lipinski definition) is 2. The third-order valence-electron chi connectivity index (χ3n) is 3.38. The van der Waals surface area contributed by atoms with E-state index in [1.165, 1.54) is 32.2 Å². The standard InChI is InChI=1S/C17H15Cl3N2O4/c1-8(16(23)22-14-4-3-9(18)5-12(14)20)26-17(24)10-6-11(19)13(21)7-15(10)25-2/h3-8H,21H2,1-2H3,(H,22,23). The molecule has 0 aliphatic heterocycles. The number of rotatable bonds is 5. The van der Waals surface area contributed by atoms with Crippen LogP contribution in [0.2, 0.25) is 15.1 Å². The maximum absolute atomic E-state index is 12.3. The lowest BCUT2D eigenvalue weighted by Crippen LogP contribution is -2.30. The van der Waals surface area contributed by atoms with E-state index in [2.05, 4.69) is 5.32 Å². The molecule has 0 aliphatic rings. The fraction of sp³-hybridized carbons (Fsp3) is 0.176. The largest absolute Gasteiger partial charge is 0.496 e. The number of benzene rings is 2. The average molecular weight is 418 g/mol. The van der Waals surface area contributed by atoms with E-state index >= 15 is 0 Å². The van der Waals surface area contributed by atoms with Crippen LogP contribution in [0.25, 0.3) is 0 Å². The van der Waals surface area contributed by atoms with Crippen molar-refractivity contribution in [2.45, 2.75) is 13.0 Å². The van der Waals surface area contributed by atoms with Gasteiger partial charge in [0.2, 0.25) is 0 Å². The van der Waals surface area contributed by atoms with Gasteiger partial charge in [-0.1, -0.05) is 34.8 Å². The Balaban J connectivity index is 2.11. The molecular weight excluding hydrogens is 403 g/mol. The minimum Gasteiger partial charge on any atom is -0.496 e. The summed E-state index contributed by atoms with van der Waals surface area (Å²) >= 11 is 17.7. The Hall–Kier alpha value is -2.15. The van der Waals surface area contributed by atoms with E-state index in [4.69, 9.17) is 50.0 Å². The molecule has 0 saturated carbocycles. The Morgan fingerprint density at radius 2 is 1.81 bits per heavy atom. The van der Waals surface area contributed by atoms with Crippen LogP contribution in [0.1, 0.15) is 17.3 Å². The van der Waals surface area contributed by atoms with Crippen LogP contribution in [0.5, 0.6) is 5.75 Å². The highest BCUT2D eigenvalue weighted by Crippen LogP contribution is 2.30. The van der Waals surface area contributed by atoms with Gasteiger partial charge in [-0.05, 0) is 31.2 Å². The molecule has 0 aromatic heterocycles. The zero-order valence-electron chi connectivity index (χ0n) is 13.8. The van der Waals surface area contributed by atoms with Crippen molar-refractivity contribution in [1.29, 1.82) is 0 Å². The van der Waals surface area contributed by atoms with Gasteiger partial charge in [-0.3, -0.25) is 4.79 Å². The van der Waals surface area contributed by atoms with E-state index in [-0.39, 0.29) is 27.0 Å².